The first kappa shape index (κ1) is 35.6. The SMILES string of the molecule is CC(C)N1CCN(C(=O)COc2ccc(-c3ccc(F)c(F)c3)cc2C=C2SC(=S)N(CCC(=O)Nc3ccc(C(=O)O)cc3)C2=O)CC1. The number of benzene rings is 3. The third kappa shape index (κ3) is 8.88. The summed E-state index contributed by atoms with van der Waals surface area (Å²) in [5, 5.41) is 11.7. The number of carboxylic acid groups (broad SMARTS) is 1. The van der Waals surface area contributed by atoms with E-state index in [0.717, 1.165) is 37.0 Å². The van der Waals surface area contributed by atoms with Gasteiger partial charge >= 0.3 is 5.97 Å². The van der Waals surface area contributed by atoms with E-state index in [1.54, 1.807) is 29.2 Å². The van der Waals surface area contributed by atoms with Crippen molar-refractivity contribution in [3.05, 3.63) is 88.3 Å². The second-order valence-corrected chi connectivity index (χ2v) is 13.4. The van der Waals surface area contributed by atoms with E-state index in [1.165, 1.54) is 35.2 Å². The Hall–Kier alpha value is -4.66. The molecular weight excluding hydrogens is 675 g/mol. The van der Waals surface area contributed by atoms with E-state index in [2.05, 4.69) is 24.1 Å². The van der Waals surface area contributed by atoms with Gasteiger partial charge in [-0.2, -0.15) is 0 Å². The highest BCUT2D eigenvalue weighted by Crippen LogP contribution is 2.36. The molecule has 0 unspecified atom stereocenters. The largest absolute Gasteiger partial charge is 0.483 e. The van der Waals surface area contributed by atoms with Crippen molar-refractivity contribution in [2.45, 2.75) is 26.3 Å². The molecule has 3 aromatic carbocycles. The quantitative estimate of drug-likeness (QED) is 0.197. The number of carbonyl (C=O) groups excluding carboxylic acids is 3. The van der Waals surface area contributed by atoms with E-state index in [0.29, 0.717) is 47.3 Å². The van der Waals surface area contributed by atoms with Gasteiger partial charge in [0, 0.05) is 56.4 Å². The number of anilines is 1. The van der Waals surface area contributed by atoms with Crippen molar-refractivity contribution in [2.24, 2.45) is 0 Å². The van der Waals surface area contributed by atoms with E-state index in [9.17, 15) is 28.0 Å². The molecule has 0 aromatic heterocycles. The predicted molar refractivity (Wildman–Crippen MR) is 187 cm³/mol. The molecule has 2 aliphatic heterocycles. The van der Waals surface area contributed by atoms with Crippen molar-refractivity contribution in [3.8, 4) is 16.9 Å². The van der Waals surface area contributed by atoms with Gasteiger partial charge in [0.1, 0.15) is 10.1 Å². The fourth-order valence-corrected chi connectivity index (χ4v) is 6.63. The molecule has 0 spiro atoms. The highest BCUT2D eigenvalue weighted by atomic mass is 32.2. The Balaban J connectivity index is 1.31. The van der Waals surface area contributed by atoms with Crippen LogP contribution < -0.4 is 10.1 Å². The number of piperazine rings is 1. The Kier molecular flexibility index (Phi) is 11.4. The second-order valence-electron chi connectivity index (χ2n) is 11.7. The topological polar surface area (TPSA) is 119 Å². The van der Waals surface area contributed by atoms with E-state index in [-0.39, 0.29) is 40.3 Å². The molecule has 49 heavy (non-hydrogen) atoms. The number of thioether (sulfide) groups is 1. The van der Waals surface area contributed by atoms with Crippen LogP contribution in [0.5, 0.6) is 5.75 Å². The van der Waals surface area contributed by atoms with Gasteiger partial charge in [-0.3, -0.25) is 24.2 Å². The van der Waals surface area contributed by atoms with E-state index < -0.39 is 29.4 Å². The van der Waals surface area contributed by atoms with Gasteiger partial charge in [0.05, 0.1) is 10.5 Å². The first-order chi connectivity index (χ1) is 23.4. The van der Waals surface area contributed by atoms with Gasteiger partial charge in [0.2, 0.25) is 5.91 Å². The van der Waals surface area contributed by atoms with Crippen LogP contribution in [0.2, 0.25) is 0 Å². The van der Waals surface area contributed by atoms with Crippen molar-refractivity contribution < 1.29 is 37.8 Å². The summed E-state index contributed by atoms with van der Waals surface area (Å²) in [6.45, 7) is 6.69. The number of rotatable bonds is 11. The number of carbonyl (C=O) groups is 4. The lowest BCUT2D eigenvalue weighted by molar-refractivity contribution is -0.135. The molecule has 2 saturated heterocycles. The van der Waals surface area contributed by atoms with Crippen LogP contribution in [0.15, 0.2) is 65.6 Å². The molecule has 0 saturated carbocycles. The van der Waals surface area contributed by atoms with Crippen LogP contribution in [-0.2, 0) is 14.4 Å². The summed E-state index contributed by atoms with van der Waals surface area (Å²) in [6, 6.07) is 14.5. The third-order valence-corrected chi connectivity index (χ3v) is 9.53. The number of nitrogens with zero attached hydrogens (tertiary/aromatic N) is 3. The lowest BCUT2D eigenvalue weighted by Crippen LogP contribution is -2.51. The van der Waals surface area contributed by atoms with Crippen LogP contribution in [0.4, 0.5) is 14.5 Å². The lowest BCUT2D eigenvalue weighted by atomic mass is 10.0. The van der Waals surface area contributed by atoms with Crippen molar-refractivity contribution in [1.29, 1.82) is 0 Å². The molecule has 3 aromatic rings. The summed E-state index contributed by atoms with van der Waals surface area (Å²) in [4.78, 5) is 55.7. The van der Waals surface area contributed by atoms with E-state index >= 15 is 0 Å². The fraction of sp³-hybridized carbons (Fsp3) is 0.286. The minimum Gasteiger partial charge on any atom is -0.483 e. The van der Waals surface area contributed by atoms with Gasteiger partial charge < -0.3 is 20.1 Å². The zero-order chi connectivity index (χ0) is 35.2. The van der Waals surface area contributed by atoms with Crippen molar-refractivity contribution >= 4 is 63.8 Å². The Labute approximate surface area is 291 Å². The molecule has 5 rings (SSSR count). The monoisotopic (exact) mass is 708 g/mol. The Morgan fingerprint density at radius 3 is 2.31 bits per heavy atom. The molecular formula is C35H34F2N4O6S2. The molecule has 10 nitrogen and oxygen atoms in total. The summed E-state index contributed by atoms with van der Waals surface area (Å²) >= 11 is 6.49. The minimum absolute atomic E-state index is 0.00211. The normalized spacial score (nSPS) is 16.1. The molecule has 0 radical (unpaired) electrons. The predicted octanol–water partition coefficient (Wildman–Crippen LogP) is 5.49. The second kappa shape index (κ2) is 15.7. The van der Waals surface area contributed by atoms with Crippen LogP contribution in [0, 0.1) is 11.6 Å². The first-order valence-electron chi connectivity index (χ1n) is 15.5. The molecule has 256 valence electrons. The number of hydrogen-bond donors (Lipinski definition) is 2. The third-order valence-electron chi connectivity index (χ3n) is 8.15. The van der Waals surface area contributed by atoms with Crippen LogP contribution in [0.1, 0.15) is 36.2 Å². The van der Waals surface area contributed by atoms with Crippen LogP contribution in [0.3, 0.4) is 0 Å². The number of thiocarbonyl (C=S) groups is 1. The highest BCUT2D eigenvalue weighted by Gasteiger charge is 2.32. The maximum Gasteiger partial charge on any atom is 0.335 e. The number of amides is 3. The van der Waals surface area contributed by atoms with Crippen molar-refractivity contribution in [2.75, 3.05) is 44.6 Å². The van der Waals surface area contributed by atoms with Crippen molar-refractivity contribution in [1.82, 2.24) is 14.7 Å². The number of hydrogen-bond acceptors (Lipinski definition) is 8. The Morgan fingerprint density at radius 1 is 0.980 bits per heavy atom. The number of nitrogens with one attached hydrogen (secondary N) is 1. The van der Waals surface area contributed by atoms with Gasteiger partial charge in [-0.1, -0.05) is 36.1 Å². The summed E-state index contributed by atoms with van der Waals surface area (Å²) in [6.07, 6.45) is 1.49. The van der Waals surface area contributed by atoms with E-state index in [4.69, 9.17) is 22.1 Å². The van der Waals surface area contributed by atoms with E-state index in [1.807, 2.05) is 0 Å². The number of ether oxygens (including phenoxy) is 1. The minimum atomic E-state index is -1.08. The molecule has 2 aliphatic rings. The number of carboxylic acids is 1. The maximum absolute atomic E-state index is 14.1. The first-order valence-corrected chi connectivity index (χ1v) is 16.7. The molecule has 2 fully saturated rings. The van der Waals surface area contributed by atoms with Gasteiger partial charge in [0.25, 0.3) is 11.8 Å². The smallest absolute Gasteiger partial charge is 0.335 e. The molecule has 14 heteroatoms. The standard InChI is InChI=1S/C35H34F2N4O6S2/c1-21(2)39-13-15-40(16-14-39)32(43)20-47-29-10-6-23(24-5-9-27(36)28(37)18-24)17-25(29)19-30-33(44)41(35(48)49-30)12-11-31(42)38-26-7-3-22(4-8-26)34(45)46/h3-10,17-19,21H,11-16,20H2,1-2H3,(H,38,42)(H,45,46). The maximum atomic E-state index is 14.1. The molecule has 3 amide bonds. The molecule has 0 atom stereocenters. The van der Waals surface area contributed by atoms with Crippen LogP contribution >= 0.6 is 24.0 Å². The summed E-state index contributed by atoms with van der Waals surface area (Å²) in [5.74, 6) is -3.78. The summed E-state index contributed by atoms with van der Waals surface area (Å²) in [5.41, 5.74) is 1.83. The average molecular weight is 709 g/mol. The molecule has 2 N–H and O–H groups in total. The zero-order valence-electron chi connectivity index (χ0n) is 26.8. The van der Waals surface area contributed by atoms with Gasteiger partial charge in [-0.25, -0.2) is 13.6 Å². The van der Waals surface area contributed by atoms with Gasteiger partial charge in [0.15, 0.2) is 18.2 Å². The molecule has 2 heterocycles. The average Bonchev–Trinajstić information content (AvgIpc) is 3.35. The zero-order valence-corrected chi connectivity index (χ0v) is 28.4. The number of halogens is 2. The lowest BCUT2D eigenvalue weighted by Gasteiger charge is -2.36. The molecule has 0 aliphatic carbocycles. The van der Waals surface area contributed by atoms with Crippen LogP contribution in [-0.4, -0.2) is 93.2 Å². The van der Waals surface area contributed by atoms with Gasteiger partial charge in [-0.15, -0.1) is 0 Å². The van der Waals surface area contributed by atoms with Crippen molar-refractivity contribution in [3.63, 3.8) is 0 Å². The fourth-order valence-electron chi connectivity index (χ4n) is 5.33. The van der Waals surface area contributed by atoms with Crippen LogP contribution in [0.25, 0.3) is 17.2 Å². The molecule has 0 bridgehead atoms. The summed E-state index contributed by atoms with van der Waals surface area (Å²) < 4.78 is 34.0. The summed E-state index contributed by atoms with van der Waals surface area (Å²) in [7, 11) is 0. The number of aromatic carboxylic acids is 1. The Bertz CT molecular complexity index is 1810. The highest BCUT2D eigenvalue weighted by molar-refractivity contribution is 8.26. The Morgan fingerprint density at radius 2 is 1.65 bits per heavy atom. The van der Waals surface area contributed by atoms with Gasteiger partial charge in [-0.05, 0) is 79.6 Å².